The molecular weight excluding hydrogens is 262 g/mol. The van der Waals surface area contributed by atoms with Crippen molar-refractivity contribution in [1.29, 1.82) is 0 Å². The van der Waals surface area contributed by atoms with Gasteiger partial charge in [-0.15, -0.1) is 0 Å². The van der Waals surface area contributed by atoms with Crippen molar-refractivity contribution < 1.29 is 14.8 Å². The molecule has 108 valence electrons. The lowest BCUT2D eigenvalue weighted by molar-refractivity contribution is -0.398. The maximum Gasteiger partial charge on any atom is 0.266 e. The van der Waals surface area contributed by atoms with E-state index in [1.807, 2.05) is 5.01 Å². The average Bonchev–Trinajstić information content (AvgIpc) is 2.47. The number of nitro groups is 1. The highest BCUT2D eigenvalue weighted by atomic mass is 16.6. The Kier molecular flexibility index (Phi) is 4.39. The molecule has 20 heavy (non-hydrogen) atoms. The normalized spacial score (nSPS) is 15.6. The third-order valence-electron chi connectivity index (χ3n) is 3.18. The summed E-state index contributed by atoms with van der Waals surface area (Å²) < 4.78 is 4.88. The number of rotatable bonds is 4. The van der Waals surface area contributed by atoms with Gasteiger partial charge in [0.2, 0.25) is 0 Å². The topological polar surface area (TPSA) is 91.0 Å². The first-order valence-electron chi connectivity index (χ1n) is 6.44. The van der Waals surface area contributed by atoms with Gasteiger partial charge in [0, 0.05) is 30.5 Å². The van der Waals surface area contributed by atoms with Crippen molar-refractivity contribution in [3.8, 4) is 11.5 Å². The largest absolute Gasteiger partial charge is 0.865 e. The number of benzene rings is 1. The standard InChI is InChI=1S/C13H17N3O4/c1-20-12-8-10(7-11(13(12)17)16(18)19)9-14-15-5-3-2-4-6-15/h7-9,17H,2-6H2,1H3/p-1/b14-9-. The van der Waals surface area contributed by atoms with Crippen LogP contribution in [0, 0.1) is 10.1 Å². The van der Waals surface area contributed by atoms with Crippen LogP contribution in [-0.2, 0) is 0 Å². The van der Waals surface area contributed by atoms with Crippen LogP contribution in [0.25, 0.3) is 0 Å². The average molecular weight is 278 g/mol. The zero-order valence-corrected chi connectivity index (χ0v) is 11.2. The van der Waals surface area contributed by atoms with Crippen LogP contribution < -0.4 is 9.84 Å². The van der Waals surface area contributed by atoms with Gasteiger partial charge in [-0.1, -0.05) is 0 Å². The predicted molar refractivity (Wildman–Crippen MR) is 72.1 cm³/mol. The first-order chi connectivity index (χ1) is 9.61. The zero-order chi connectivity index (χ0) is 14.5. The molecule has 1 aromatic rings. The fraction of sp³-hybridized carbons (Fsp3) is 0.462. The Bertz CT molecular complexity index is 525. The maximum absolute atomic E-state index is 11.7. The Hall–Kier alpha value is -2.31. The molecule has 0 radical (unpaired) electrons. The summed E-state index contributed by atoms with van der Waals surface area (Å²) in [6, 6.07) is 2.68. The number of ether oxygens (including phenoxy) is 1. The van der Waals surface area contributed by atoms with Crippen LogP contribution in [0.15, 0.2) is 17.2 Å². The van der Waals surface area contributed by atoms with Crippen molar-refractivity contribution in [2.24, 2.45) is 5.10 Å². The second kappa shape index (κ2) is 6.23. The summed E-state index contributed by atoms with van der Waals surface area (Å²) >= 11 is 0. The molecule has 0 unspecified atom stereocenters. The van der Waals surface area contributed by atoms with Crippen LogP contribution in [0.4, 0.5) is 5.69 Å². The summed E-state index contributed by atoms with van der Waals surface area (Å²) in [4.78, 5) is 10.1. The van der Waals surface area contributed by atoms with Crippen LogP contribution in [-0.4, -0.2) is 36.3 Å². The Morgan fingerprint density at radius 3 is 2.65 bits per heavy atom. The number of methoxy groups -OCH3 is 1. The molecule has 1 fully saturated rings. The summed E-state index contributed by atoms with van der Waals surface area (Å²) in [5, 5.41) is 28.7. The van der Waals surface area contributed by atoms with Crippen molar-refractivity contribution >= 4 is 11.9 Å². The summed E-state index contributed by atoms with van der Waals surface area (Å²) in [6.45, 7) is 1.77. The quantitative estimate of drug-likeness (QED) is 0.473. The molecule has 0 saturated carbocycles. The lowest BCUT2D eigenvalue weighted by Gasteiger charge is -2.23. The fourth-order valence-electron chi connectivity index (χ4n) is 2.11. The number of hydrogen-bond acceptors (Lipinski definition) is 6. The van der Waals surface area contributed by atoms with E-state index in [1.165, 1.54) is 31.9 Å². The molecular formula is C13H16N3O4-. The summed E-state index contributed by atoms with van der Waals surface area (Å²) in [5.74, 6) is -0.757. The first-order valence-corrected chi connectivity index (χ1v) is 6.44. The molecule has 0 aliphatic carbocycles. The molecule has 7 nitrogen and oxygen atoms in total. The van der Waals surface area contributed by atoms with Crippen molar-refractivity contribution in [3.05, 3.63) is 27.8 Å². The van der Waals surface area contributed by atoms with Gasteiger partial charge in [-0.25, -0.2) is 0 Å². The Labute approximate surface area is 116 Å². The van der Waals surface area contributed by atoms with Gasteiger partial charge in [-0.3, -0.25) is 15.1 Å². The number of hydrogen-bond donors (Lipinski definition) is 0. The van der Waals surface area contributed by atoms with Gasteiger partial charge in [0.1, 0.15) is 5.75 Å². The lowest BCUT2D eigenvalue weighted by Crippen LogP contribution is -2.24. The van der Waals surface area contributed by atoms with E-state index in [2.05, 4.69) is 5.10 Å². The van der Waals surface area contributed by atoms with Crippen LogP contribution >= 0.6 is 0 Å². The molecule has 0 atom stereocenters. The highest BCUT2D eigenvalue weighted by Crippen LogP contribution is 2.33. The molecule has 0 aromatic heterocycles. The summed E-state index contributed by atoms with van der Waals surface area (Å²) in [7, 11) is 1.31. The number of nitrogens with zero attached hydrogens (tertiary/aromatic N) is 3. The van der Waals surface area contributed by atoms with Crippen molar-refractivity contribution in [1.82, 2.24) is 5.01 Å². The molecule has 1 aliphatic heterocycles. The molecule has 1 aromatic carbocycles. The predicted octanol–water partition coefficient (Wildman–Crippen LogP) is 1.50. The molecule has 2 rings (SSSR count). The maximum atomic E-state index is 11.7. The molecule has 0 amide bonds. The molecule has 0 bridgehead atoms. The van der Waals surface area contributed by atoms with E-state index in [1.54, 1.807) is 0 Å². The van der Waals surface area contributed by atoms with Crippen LogP contribution in [0.5, 0.6) is 11.5 Å². The van der Waals surface area contributed by atoms with E-state index >= 15 is 0 Å². The molecule has 7 heteroatoms. The highest BCUT2D eigenvalue weighted by molar-refractivity contribution is 5.82. The van der Waals surface area contributed by atoms with Gasteiger partial charge < -0.3 is 9.84 Å². The third-order valence-corrected chi connectivity index (χ3v) is 3.18. The second-order valence-electron chi connectivity index (χ2n) is 4.59. The smallest absolute Gasteiger partial charge is 0.266 e. The van der Waals surface area contributed by atoms with Gasteiger partial charge in [-0.05, 0) is 25.3 Å². The van der Waals surface area contributed by atoms with Gasteiger partial charge in [0.05, 0.1) is 18.2 Å². The van der Waals surface area contributed by atoms with E-state index in [-0.39, 0.29) is 5.75 Å². The monoisotopic (exact) mass is 278 g/mol. The lowest BCUT2D eigenvalue weighted by atomic mass is 10.1. The van der Waals surface area contributed by atoms with Crippen molar-refractivity contribution in [2.45, 2.75) is 19.3 Å². The number of nitro benzene ring substituents is 1. The van der Waals surface area contributed by atoms with Gasteiger partial charge >= 0.3 is 0 Å². The SMILES string of the molecule is COc1cc(/C=N\N2CCCCC2)cc([N+](=O)[O-])c1[O-]. The molecule has 0 N–H and O–H groups in total. The van der Waals surface area contributed by atoms with Gasteiger partial charge in [0.15, 0.2) is 0 Å². The van der Waals surface area contributed by atoms with E-state index in [9.17, 15) is 15.2 Å². The molecule has 0 spiro atoms. The van der Waals surface area contributed by atoms with E-state index in [4.69, 9.17) is 4.74 Å². The Balaban J connectivity index is 2.24. The Morgan fingerprint density at radius 1 is 1.35 bits per heavy atom. The van der Waals surface area contributed by atoms with Crippen LogP contribution in [0.2, 0.25) is 0 Å². The van der Waals surface area contributed by atoms with Gasteiger partial charge in [0.25, 0.3) is 5.69 Å². The minimum absolute atomic E-state index is 0.0423. The first kappa shape index (κ1) is 14.1. The van der Waals surface area contributed by atoms with E-state index in [0.717, 1.165) is 25.9 Å². The molecule has 1 aliphatic rings. The Morgan fingerprint density at radius 2 is 2.05 bits per heavy atom. The summed E-state index contributed by atoms with van der Waals surface area (Å²) in [5.41, 5.74) is -0.0110. The van der Waals surface area contributed by atoms with Crippen molar-refractivity contribution in [3.63, 3.8) is 0 Å². The number of hydrazone groups is 1. The minimum Gasteiger partial charge on any atom is -0.865 e. The summed E-state index contributed by atoms with van der Waals surface area (Å²) in [6.07, 6.45) is 4.93. The van der Waals surface area contributed by atoms with Crippen LogP contribution in [0.1, 0.15) is 24.8 Å². The highest BCUT2D eigenvalue weighted by Gasteiger charge is 2.13. The third kappa shape index (κ3) is 3.17. The fourth-order valence-corrected chi connectivity index (χ4v) is 2.11. The second-order valence-corrected chi connectivity index (χ2v) is 4.59. The van der Waals surface area contributed by atoms with Crippen molar-refractivity contribution in [2.75, 3.05) is 20.2 Å². The zero-order valence-electron chi connectivity index (χ0n) is 11.2. The van der Waals surface area contributed by atoms with Crippen LogP contribution in [0.3, 0.4) is 0 Å². The number of piperidine rings is 1. The minimum atomic E-state index is -0.715. The molecule has 1 heterocycles. The van der Waals surface area contributed by atoms with E-state index in [0.29, 0.717) is 5.56 Å². The van der Waals surface area contributed by atoms with E-state index < -0.39 is 16.4 Å². The molecule has 1 saturated heterocycles. The van der Waals surface area contributed by atoms with Gasteiger partial charge in [-0.2, -0.15) is 5.10 Å².